The molecule has 1 amide bonds. The number of nitrogens with one attached hydrogen (secondary N) is 1. The van der Waals surface area contributed by atoms with Crippen LogP contribution in [0.2, 0.25) is 0 Å². The monoisotopic (exact) mass is 396 g/mol. The van der Waals surface area contributed by atoms with Crippen LogP contribution in [0.3, 0.4) is 0 Å². The molecule has 0 aliphatic carbocycles. The van der Waals surface area contributed by atoms with Crippen molar-refractivity contribution in [2.24, 2.45) is 5.16 Å². The fourth-order valence-corrected chi connectivity index (χ4v) is 3.09. The number of benzene rings is 3. The van der Waals surface area contributed by atoms with Gasteiger partial charge in [0, 0.05) is 17.7 Å². The molecule has 0 aromatic heterocycles. The summed E-state index contributed by atoms with van der Waals surface area (Å²) < 4.78 is 0. The molecule has 1 heterocycles. The van der Waals surface area contributed by atoms with E-state index in [0.29, 0.717) is 17.7 Å². The first-order valence-electron chi connectivity index (χ1n) is 9.65. The minimum absolute atomic E-state index is 0.100. The second-order valence-electron chi connectivity index (χ2n) is 6.88. The van der Waals surface area contributed by atoms with Crippen LogP contribution in [-0.2, 0) is 9.63 Å². The van der Waals surface area contributed by atoms with Crippen molar-refractivity contribution in [3.63, 3.8) is 0 Å². The van der Waals surface area contributed by atoms with Crippen LogP contribution in [0, 0.1) is 0 Å². The van der Waals surface area contributed by atoms with Gasteiger partial charge in [-0.05, 0) is 41.5 Å². The molecule has 1 aliphatic rings. The Labute approximate surface area is 174 Å². The molecule has 1 aliphatic heterocycles. The lowest BCUT2D eigenvalue weighted by molar-refractivity contribution is -0.125. The van der Waals surface area contributed by atoms with Crippen molar-refractivity contribution in [1.29, 1.82) is 0 Å². The Morgan fingerprint density at radius 3 is 2.27 bits per heavy atom. The summed E-state index contributed by atoms with van der Waals surface area (Å²) >= 11 is 0. The number of carbonyl (C=O) groups excluding carboxylic acids is 2. The highest BCUT2D eigenvalue weighted by Crippen LogP contribution is 2.19. The van der Waals surface area contributed by atoms with Gasteiger partial charge in [0.2, 0.25) is 6.10 Å². The maximum Gasteiger partial charge on any atom is 0.268 e. The van der Waals surface area contributed by atoms with Crippen LogP contribution in [0.5, 0.6) is 0 Å². The third-order valence-electron chi connectivity index (χ3n) is 4.73. The molecule has 0 spiro atoms. The SMILES string of the molecule is O=C(/C=C/c1ccccc1)c1ccc(NC(=O)C2CC(c3ccccc3)=NO2)cc1. The van der Waals surface area contributed by atoms with E-state index in [9.17, 15) is 9.59 Å². The largest absolute Gasteiger partial charge is 0.382 e. The predicted octanol–water partition coefficient (Wildman–Crippen LogP) is 4.71. The van der Waals surface area contributed by atoms with Crippen LogP contribution in [0.1, 0.15) is 27.9 Å². The van der Waals surface area contributed by atoms with Gasteiger partial charge in [0.25, 0.3) is 5.91 Å². The number of anilines is 1. The van der Waals surface area contributed by atoms with E-state index in [1.54, 1.807) is 30.3 Å². The third-order valence-corrected chi connectivity index (χ3v) is 4.73. The molecule has 5 heteroatoms. The fourth-order valence-electron chi connectivity index (χ4n) is 3.09. The molecular weight excluding hydrogens is 376 g/mol. The summed E-state index contributed by atoms with van der Waals surface area (Å²) in [5.74, 6) is -0.371. The van der Waals surface area contributed by atoms with Gasteiger partial charge >= 0.3 is 0 Å². The van der Waals surface area contributed by atoms with Crippen LogP contribution >= 0.6 is 0 Å². The van der Waals surface area contributed by atoms with Crippen LogP contribution in [0.15, 0.2) is 96.2 Å². The predicted molar refractivity (Wildman–Crippen MR) is 117 cm³/mol. The fraction of sp³-hybridized carbons (Fsp3) is 0.0800. The molecule has 1 unspecified atom stereocenters. The summed E-state index contributed by atoms with van der Waals surface area (Å²) in [6.45, 7) is 0. The second kappa shape index (κ2) is 9.01. The minimum atomic E-state index is -0.671. The highest BCUT2D eigenvalue weighted by molar-refractivity contribution is 6.08. The van der Waals surface area contributed by atoms with Gasteiger partial charge in [-0.1, -0.05) is 71.9 Å². The maximum absolute atomic E-state index is 12.5. The zero-order valence-corrected chi connectivity index (χ0v) is 16.2. The summed E-state index contributed by atoms with van der Waals surface area (Å²) in [6.07, 6.45) is 3.06. The molecule has 4 rings (SSSR count). The molecule has 5 nitrogen and oxygen atoms in total. The van der Waals surface area contributed by atoms with Gasteiger partial charge in [0.05, 0.1) is 5.71 Å². The maximum atomic E-state index is 12.5. The first-order chi connectivity index (χ1) is 14.7. The Hall–Kier alpha value is -3.99. The Morgan fingerprint density at radius 2 is 1.57 bits per heavy atom. The van der Waals surface area contributed by atoms with Gasteiger partial charge in [-0.25, -0.2) is 0 Å². The lowest BCUT2D eigenvalue weighted by Crippen LogP contribution is -2.28. The Morgan fingerprint density at radius 1 is 0.900 bits per heavy atom. The number of rotatable bonds is 6. The Bertz CT molecular complexity index is 1090. The number of oxime groups is 1. The lowest BCUT2D eigenvalue weighted by Gasteiger charge is -2.09. The Kier molecular flexibility index (Phi) is 5.80. The smallest absolute Gasteiger partial charge is 0.268 e. The Balaban J connectivity index is 1.33. The third kappa shape index (κ3) is 4.70. The summed E-state index contributed by atoms with van der Waals surface area (Å²) in [4.78, 5) is 30.1. The highest BCUT2D eigenvalue weighted by Gasteiger charge is 2.28. The minimum Gasteiger partial charge on any atom is -0.382 e. The number of allylic oxidation sites excluding steroid dienone is 1. The number of hydrogen-bond acceptors (Lipinski definition) is 4. The molecule has 0 bridgehead atoms. The summed E-state index contributed by atoms with van der Waals surface area (Å²) in [6, 6.07) is 26.1. The zero-order valence-electron chi connectivity index (χ0n) is 16.2. The number of ketones is 1. The zero-order chi connectivity index (χ0) is 20.8. The van der Waals surface area contributed by atoms with Crippen molar-refractivity contribution in [1.82, 2.24) is 0 Å². The summed E-state index contributed by atoms with van der Waals surface area (Å²) in [5.41, 5.74) is 3.80. The topological polar surface area (TPSA) is 67.8 Å². The second-order valence-corrected chi connectivity index (χ2v) is 6.88. The normalized spacial score (nSPS) is 15.5. The van der Waals surface area contributed by atoms with E-state index < -0.39 is 6.10 Å². The number of amides is 1. The lowest BCUT2D eigenvalue weighted by atomic mass is 10.0. The van der Waals surface area contributed by atoms with Crippen molar-refractivity contribution in [2.45, 2.75) is 12.5 Å². The van der Waals surface area contributed by atoms with Gasteiger partial charge in [0.15, 0.2) is 5.78 Å². The number of hydrogen-bond donors (Lipinski definition) is 1. The molecule has 3 aromatic rings. The van der Waals surface area contributed by atoms with Crippen molar-refractivity contribution >= 4 is 29.2 Å². The quantitative estimate of drug-likeness (QED) is 0.484. The van der Waals surface area contributed by atoms with Crippen molar-refractivity contribution in [3.8, 4) is 0 Å². The molecule has 3 aromatic carbocycles. The van der Waals surface area contributed by atoms with E-state index in [1.165, 1.54) is 6.08 Å². The molecule has 148 valence electrons. The van der Waals surface area contributed by atoms with Crippen molar-refractivity contribution in [2.75, 3.05) is 5.32 Å². The van der Waals surface area contributed by atoms with E-state index >= 15 is 0 Å². The molecule has 0 saturated carbocycles. The average molecular weight is 396 g/mol. The molecule has 0 radical (unpaired) electrons. The van der Waals surface area contributed by atoms with Gasteiger partial charge in [0.1, 0.15) is 0 Å². The van der Waals surface area contributed by atoms with Gasteiger partial charge < -0.3 is 10.2 Å². The number of carbonyl (C=O) groups is 2. The van der Waals surface area contributed by atoms with Gasteiger partial charge in [-0.15, -0.1) is 0 Å². The van der Waals surface area contributed by atoms with Crippen molar-refractivity contribution in [3.05, 3.63) is 108 Å². The average Bonchev–Trinajstić information content (AvgIpc) is 3.30. The van der Waals surface area contributed by atoms with E-state index in [1.807, 2.05) is 60.7 Å². The number of nitrogens with zero attached hydrogens (tertiary/aromatic N) is 1. The molecule has 1 atom stereocenters. The van der Waals surface area contributed by atoms with Crippen LogP contribution < -0.4 is 5.32 Å². The summed E-state index contributed by atoms with van der Waals surface area (Å²) in [7, 11) is 0. The molecule has 30 heavy (non-hydrogen) atoms. The molecule has 1 N–H and O–H groups in total. The first kappa shape index (κ1) is 19.3. The van der Waals surface area contributed by atoms with E-state index in [2.05, 4.69) is 10.5 Å². The van der Waals surface area contributed by atoms with Gasteiger partial charge in [-0.3, -0.25) is 9.59 Å². The highest BCUT2D eigenvalue weighted by atomic mass is 16.6. The van der Waals surface area contributed by atoms with Crippen LogP contribution in [-0.4, -0.2) is 23.5 Å². The van der Waals surface area contributed by atoms with Gasteiger partial charge in [-0.2, -0.15) is 0 Å². The van der Waals surface area contributed by atoms with E-state index in [-0.39, 0.29) is 11.7 Å². The summed E-state index contributed by atoms with van der Waals surface area (Å²) in [5, 5.41) is 6.85. The molecular formula is C25H20N2O3. The van der Waals surface area contributed by atoms with E-state index in [4.69, 9.17) is 4.84 Å². The van der Waals surface area contributed by atoms with Crippen LogP contribution in [0.25, 0.3) is 6.08 Å². The van der Waals surface area contributed by atoms with Crippen LogP contribution in [0.4, 0.5) is 5.69 Å². The molecule has 0 fully saturated rings. The van der Waals surface area contributed by atoms with E-state index in [0.717, 1.165) is 16.8 Å². The van der Waals surface area contributed by atoms with Crippen molar-refractivity contribution < 1.29 is 14.4 Å². The first-order valence-corrected chi connectivity index (χ1v) is 9.65. The standard InChI is InChI=1S/C25H20N2O3/c28-23(16-11-18-7-3-1-4-8-18)20-12-14-21(15-13-20)26-25(29)24-17-22(27-30-24)19-9-5-2-6-10-19/h1-16,24H,17H2,(H,26,29)/b16-11+. The molecule has 0 saturated heterocycles.